The van der Waals surface area contributed by atoms with Crippen LogP contribution in [-0.2, 0) is 0 Å². The van der Waals surface area contributed by atoms with Gasteiger partial charge in [0.1, 0.15) is 0 Å². The van der Waals surface area contributed by atoms with E-state index in [1.807, 2.05) is 25.2 Å². The number of piperidine rings is 1. The van der Waals surface area contributed by atoms with Crippen LogP contribution in [0.1, 0.15) is 37.8 Å². The van der Waals surface area contributed by atoms with Crippen molar-refractivity contribution in [2.75, 3.05) is 26.7 Å². The van der Waals surface area contributed by atoms with Crippen LogP contribution < -0.4 is 5.32 Å². The fourth-order valence-corrected chi connectivity index (χ4v) is 3.46. The van der Waals surface area contributed by atoms with Gasteiger partial charge in [-0.25, -0.2) is 0 Å². The highest BCUT2D eigenvalue weighted by Gasteiger charge is 2.24. The predicted octanol–water partition coefficient (Wildman–Crippen LogP) is 4.38. The van der Waals surface area contributed by atoms with Crippen molar-refractivity contribution >= 4 is 23.2 Å². The first-order chi connectivity index (χ1) is 9.61. The van der Waals surface area contributed by atoms with E-state index in [0.717, 1.165) is 41.2 Å². The summed E-state index contributed by atoms with van der Waals surface area (Å²) in [6, 6.07) is 6.09. The second-order valence-electron chi connectivity index (χ2n) is 5.71. The topological polar surface area (TPSA) is 15.3 Å². The molecule has 0 amide bonds. The van der Waals surface area contributed by atoms with Gasteiger partial charge in [-0.3, -0.25) is 4.90 Å². The smallest absolute Gasteiger partial charge is 0.0454 e. The van der Waals surface area contributed by atoms with Crippen LogP contribution in [0.5, 0.6) is 0 Å². The van der Waals surface area contributed by atoms with Gasteiger partial charge in [0.2, 0.25) is 0 Å². The fourth-order valence-electron chi connectivity index (χ4n) is 3.01. The molecule has 1 aromatic rings. The molecule has 1 atom stereocenters. The minimum Gasteiger partial charge on any atom is -0.320 e. The lowest BCUT2D eigenvalue weighted by Gasteiger charge is -2.36. The molecular formula is C16H24Cl2N2. The molecule has 0 radical (unpaired) electrons. The number of benzene rings is 1. The lowest BCUT2D eigenvalue weighted by atomic mass is 9.92. The molecule has 1 aliphatic heterocycles. The Morgan fingerprint density at radius 2 is 2.00 bits per heavy atom. The van der Waals surface area contributed by atoms with E-state index in [1.165, 1.54) is 19.3 Å². The average Bonchev–Trinajstić information content (AvgIpc) is 2.47. The Kier molecular flexibility index (Phi) is 6.16. The lowest BCUT2D eigenvalue weighted by Crippen LogP contribution is -2.36. The van der Waals surface area contributed by atoms with Crippen molar-refractivity contribution in [3.8, 4) is 0 Å². The van der Waals surface area contributed by atoms with Gasteiger partial charge in [0.25, 0.3) is 0 Å². The molecule has 4 heteroatoms. The number of likely N-dealkylation sites (tertiary alicyclic amines) is 1. The number of halogens is 2. The maximum Gasteiger partial charge on any atom is 0.0454 e. The van der Waals surface area contributed by atoms with Crippen LogP contribution >= 0.6 is 23.2 Å². The zero-order valence-corrected chi connectivity index (χ0v) is 13.8. The van der Waals surface area contributed by atoms with Gasteiger partial charge < -0.3 is 5.32 Å². The summed E-state index contributed by atoms with van der Waals surface area (Å²) in [5, 5.41) is 4.83. The van der Waals surface area contributed by atoms with Gasteiger partial charge in [0, 0.05) is 16.1 Å². The molecule has 1 fully saturated rings. The Hall–Kier alpha value is -0.280. The minimum atomic E-state index is 0.339. The minimum absolute atomic E-state index is 0.339. The number of rotatable bonds is 5. The summed E-state index contributed by atoms with van der Waals surface area (Å²) in [5.74, 6) is 0.862. The molecule has 1 unspecified atom stereocenters. The zero-order chi connectivity index (χ0) is 14.5. The summed E-state index contributed by atoms with van der Waals surface area (Å²) in [6.45, 7) is 5.66. The van der Waals surface area contributed by atoms with E-state index in [0.29, 0.717) is 6.04 Å². The van der Waals surface area contributed by atoms with E-state index in [4.69, 9.17) is 23.2 Å². The molecule has 0 bridgehead atoms. The third-order valence-corrected chi connectivity index (χ3v) is 4.99. The van der Waals surface area contributed by atoms with Crippen LogP contribution in [0.25, 0.3) is 0 Å². The van der Waals surface area contributed by atoms with Crippen molar-refractivity contribution in [1.29, 1.82) is 0 Å². The van der Waals surface area contributed by atoms with Crippen molar-refractivity contribution in [2.45, 2.75) is 32.2 Å². The molecule has 1 saturated heterocycles. The molecule has 0 spiro atoms. The molecule has 1 aromatic carbocycles. The first-order valence-electron chi connectivity index (χ1n) is 7.45. The lowest BCUT2D eigenvalue weighted by molar-refractivity contribution is 0.137. The van der Waals surface area contributed by atoms with Gasteiger partial charge in [0.05, 0.1) is 0 Å². The van der Waals surface area contributed by atoms with Gasteiger partial charge in [-0.2, -0.15) is 0 Å². The molecule has 0 saturated carbocycles. The van der Waals surface area contributed by atoms with Crippen LogP contribution in [0.2, 0.25) is 10.0 Å². The van der Waals surface area contributed by atoms with E-state index in [9.17, 15) is 0 Å². The molecule has 112 valence electrons. The van der Waals surface area contributed by atoms with E-state index < -0.39 is 0 Å². The fraction of sp³-hybridized carbons (Fsp3) is 0.625. The Morgan fingerprint density at radius 1 is 1.30 bits per heavy atom. The standard InChI is InChI=1S/C16H24Cl2N2/c1-12(15-11-14(17)3-4-16(15)18)20-9-6-13(7-10-20)5-8-19-2/h3-4,11-13,19H,5-10H2,1-2H3. The largest absolute Gasteiger partial charge is 0.320 e. The molecule has 1 aliphatic rings. The molecule has 2 nitrogen and oxygen atoms in total. The second-order valence-corrected chi connectivity index (χ2v) is 6.56. The van der Waals surface area contributed by atoms with Crippen LogP contribution in [0.15, 0.2) is 18.2 Å². The van der Waals surface area contributed by atoms with Gasteiger partial charge >= 0.3 is 0 Å². The maximum atomic E-state index is 6.31. The van der Waals surface area contributed by atoms with Crippen LogP contribution in [0, 0.1) is 5.92 Å². The number of nitrogens with one attached hydrogen (secondary N) is 1. The molecule has 1 heterocycles. The molecule has 0 aliphatic carbocycles. The van der Waals surface area contributed by atoms with Crippen molar-refractivity contribution in [3.63, 3.8) is 0 Å². The summed E-state index contributed by atoms with van der Waals surface area (Å²) >= 11 is 12.4. The Balaban J connectivity index is 1.94. The number of hydrogen-bond acceptors (Lipinski definition) is 2. The summed E-state index contributed by atoms with van der Waals surface area (Å²) in [7, 11) is 2.03. The van der Waals surface area contributed by atoms with Crippen molar-refractivity contribution in [2.24, 2.45) is 5.92 Å². The molecular weight excluding hydrogens is 291 g/mol. The molecule has 20 heavy (non-hydrogen) atoms. The van der Waals surface area contributed by atoms with E-state index >= 15 is 0 Å². The number of nitrogens with zero attached hydrogens (tertiary/aromatic N) is 1. The number of hydrogen-bond donors (Lipinski definition) is 1. The molecule has 0 aromatic heterocycles. The third-order valence-electron chi connectivity index (χ3n) is 4.41. The highest BCUT2D eigenvalue weighted by atomic mass is 35.5. The maximum absolute atomic E-state index is 6.31. The van der Waals surface area contributed by atoms with Gasteiger partial charge in [0.15, 0.2) is 0 Å². The second kappa shape index (κ2) is 7.65. The predicted molar refractivity (Wildman–Crippen MR) is 87.7 cm³/mol. The quantitative estimate of drug-likeness (QED) is 0.867. The SMILES string of the molecule is CNCCC1CCN(C(C)c2cc(Cl)ccc2Cl)CC1. The summed E-state index contributed by atoms with van der Waals surface area (Å²) in [6.07, 6.45) is 3.85. The molecule has 1 N–H and O–H groups in total. The summed E-state index contributed by atoms with van der Waals surface area (Å²) < 4.78 is 0. The highest BCUT2D eigenvalue weighted by molar-refractivity contribution is 6.33. The zero-order valence-electron chi connectivity index (χ0n) is 12.3. The van der Waals surface area contributed by atoms with E-state index in [-0.39, 0.29) is 0 Å². The van der Waals surface area contributed by atoms with Gasteiger partial charge in [-0.15, -0.1) is 0 Å². The van der Waals surface area contributed by atoms with E-state index in [1.54, 1.807) is 0 Å². The molecule has 2 rings (SSSR count). The van der Waals surface area contributed by atoms with Gasteiger partial charge in [-0.1, -0.05) is 23.2 Å². The first kappa shape index (κ1) is 16.1. The third kappa shape index (κ3) is 4.11. The Bertz CT molecular complexity index is 428. The Labute approximate surface area is 132 Å². The van der Waals surface area contributed by atoms with Crippen molar-refractivity contribution in [1.82, 2.24) is 10.2 Å². The van der Waals surface area contributed by atoms with Crippen molar-refractivity contribution in [3.05, 3.63) is 33.8 Å². The average molecular weight is 315 g/mol. The monoisotopic (exact) mass is 314 g/mol. The van der Waals surface area contributed by atoms with Crippen LogP contribution in [0.4, 0.5) is 0 Å². The normalized spacial score (nSPS) is 19.2. The van der Waals surface area contributed by atoms with Gasteiger partial charge in [-0.05, 0) is 82.5 Å². The summed E-state index contributed by atoms with van der Waals surface area (Å²) in [5.41, 5.74) is 1.15. The van der Waals surface area contributed by atoms with Crippen LogP contribution in [0.3, 0.4) is 0 Å². The summed E-state index contributed by atoms with van der Waals surface area (Å²) in [4.78, 5) is 2.52. The first-order valence-corrected chi connectivity index (χ1v) is 8.21. The highest BCUT2D eigenvalue weighted by Crippen LogP contribution is 2.32. The van der Waals surface area contributed by atoms with Crippen molar-refractivity contribution < 1.29 is 0 Å². The van der Waals surface area contributed by atoms with Crippen LogP contribution in [-0.4, -0.2) is 31.6 Å². The van der Waals surface area contributed by atoms with E-state index in [2.05, 4.69) is 17.1 Å². The Morgan fingerprint density at radius 3 is 2.65 bits per heavy atom.